The molecule has 1 aromatic carbocycles. The number of aryl methyl sites for hydroxylation is 1. The number of nitrogens with one attached hydrogen (secondary N) is 1. The van der Waals surface area contributed by atoms with Gasteiger partial charge < -0.3 is 4.98 Å². The number of aromatic amines is 1. The highest BCUT2D eigenvalue weighted by atomic mass is 32.2. The number of hydrogen-bond donors (Lipinski definition) is 1. The average molecular weight is 396 g/mol. The number of nitrogens with zero attached hydrogens (tertiary/aromatic N) is 1. The van der Waals surface area contributed by atoms with Crippen LogP contribution in [0.4, 0.5) is 5.69 Å². The van der Waals surface area contributed by atoms with Crippen molar-refractivity contribution in [2.75, 3.05) is 4.90 Å². The zero-order chi connectivity index (χ0) is 18.4. The lowest BCUT2D eigenvalue weighted by Gasteiger charge is -2.32. The summed E-state index contributed by atoms with van der Waals surface area (Å²) in [5, 5.41) is 1.11. The van der Waals surface area contributed by atoms with E-state index in [0.29, 0.717) is 5.69 Å². The minimum atomic E-state index is -0.246. The van der Waals surface area contributed by atoms with Gasteiger partial charge in [-0.05, 0) is 43.4 Å². The van der Waals surface area contributed by atoms with Crippen LogP contribution in [0.15, 0.2) is 39.7 Å². The van der Waals surface area contributed by atoms with E-state index in [9.17, 15) is 14.4 Å². The molecule has 7 heteroatoms. The Morgan fingerprint density at radius 3 is 2.59 bits per heavy atom. The third-order valence-corrected chi connectivity index (χ3v) is 8.83. The van der Waals surface area contributed by atoms with Crippen molar-refractivity contribution in [2.24, 2.45) is 23.7 Å². The monoisotopic (exact) mass is 396 g/mol. The third-order valence-electron chi connectivity index (χ3n) is 6.44. The summed E-state index contributed by atoms with van der Waals surface area (Å²) >= 11 is 2.89. The zero-order valence-electron chi connectivity index (χ0n) is 14.5. The highest BCUT2D eigenvalue weighted by Crippen LogP contribution is 2.64. The maximum atomic E-state index is 13.2. The molecule has 136 valence electrons. The summed E-state index contributed by atoms with van der Waals surface area (Å²) in [6, 6.07) is 7.59. The van der Waals surface area contributed by atoms with Gasteiger partial charge >= 0.3 is 4.87 Å². The van der Waals surface area contributed by atoms with E-state index in [2.05, 4.69) is 11.1 Å². The quantitative estimate of drug-likeness (QED) is 0.752. The Morgan fingerprint density at radius 1 is 1.07 bits per heavy atom. The number of rotatable bonds is 1. The lowest BCUT2D eigenvalue weighted by molar-refractivity contribution is -0.123. The summed E-state index contributed by atoms with van der Waals surface area (Å²) in [5.74, 6) is -0.298. The van der Waals surface area contributed by atoms with Crippen molar-refractivity contribution >= 4 is 46.7 Å². The van der Waals surface area contributed by atoms with Gasteiger partial charge in [0.2, 0.25) is 11.8 Å². The largest absolute Gasteiger partial charge is 0.307 e. The van der Waals surface area contributed by atoms with Crippen LogP contribution < -0.4 is 9.77 Å². The minimum Gasteiger partial charge on any atom is -0.307 e. The summed E-state index contributed by atoms with van der Waals surface area (Å²) in [7, 11) is 0. The Kier molecular flexibility index (Phi) is 3.08. The van der Waals surface area contributed by atoms with E-state index in [1.54, 1.807) is 11.8 Å². The summed E-state index contributed by atoms with van der Waals surface area (Å²) in [6.07, 6.45) is 3.00. The Morgan fingerprint density at radius 2 is 1.81 bits per heavy atom. The predicted octanol–water partition coefficient (Wildman–Crippen LogP) is 3.06. The van der Waals surface area contributed by atoms with Gasteiger partial charge in [-0.25, -0.2) is 0 Å². The Labute approximate surface area is 163 Å². The van der Waals surface area contributed by atoms with Gasteiger partial charge in [0.15, 0.2) is 0 Å². The van der Waals surface area contributed by atoms with Crippen LogP contribution in [0.2, 0.25) is 0 Å². The van der Waals surface area contributed by atoms with Gasteiger partial charge in [-0.2, -0.15) is 0 Å². The van der Waals surface area contributed by atoms with Gasteiger partial charge in [0.05, 0.1) is 27.4 Å². The Hall–Kier alpha value is -2.12. The molecule has 1 aromatic heterocycles. The van der Waals surface area contributed by atoms with Crippen molar-refractivity contribution in [1.29, 1.82) is 0 Å². The standard InChI is InChI=1S/C20H16N2O3S2/c1-8-2-4-9(5-3-8)22-18(23)14-10-6-12(15(14)19(22)24)16-11(10)7-13-17(27-16)21-20(25)26-13/h2-5,7,10,12,14-16H,6H2,1H3,(H,21,25)/t10-,12+,14+,15-,16-/m0/s1. The summed E-state index contributed by atoms with van der Waals surface area (Å²) in [4.78, 5) is 43.4. The van der Waals surface area contributed by atoms with Crippen molar-refractivity contribution in [3.8, 4) is 0 Å². The highest BCUT2D eigenvalue weighted by molar-refractivity contribution is 8.00. The number of imide groups is 1. The number of benzene rings is 1. The van der Waals surface area contributed by atoms with Crippen molar-refractivity contribution in [1.82, 2.24) is 4.98 Å². The van der Waals surface area contributed by atoms with E-state index in [0.717, 1.165) is 21.9 Å². The van der Waals surface area contributed by atoms with Crippen LogP contribution in [0, 0.1) is 30.6 Å². The predicted molar refractivity (Wildman–Crippen MR) is 105 cm³/mol. The first-order chi connectivity index (χ1) is 13.0. The number of aromatic nitrogens is 1. The van der Waals surface area contributed by atoms with E-state index in [1.807, 2.05) is 31.2 Å². The van der Waals surface area contributed by atoms with Gasteiger partial charge in [0.1, 0.15) is 0 Å². The second kappa shape index (κ2) is 5.23. The van der Waals surface area contributed by atoms with Crippen LogP contribution in [0.25, 0.3) is 6.08 Å². The van der Waals surface area contributed by atoms with Crippen LogP contribution in [-0.4, -0.2) is 22.0 Å². The molecule has 2 aliphatic carbocycles. The number of carbonyl (C=O) groups is 2. The lowest BCUT2D eigenvalue weighted by Crippen LogP contribution is -2.34. The second-order valence-corrected chi connectivity index (χ2v) is 9.96. The van der Waals surface area contributed by atoms with Crippen LogP contribution in [0.3, 0.4) is 0 Å². The first-order valence-electron chi connectivity index (χ1n) is 9.08. The molecule has 6 rings (SSSR count). The summed E-state index contributed by atoms with van der Waals surface area (Å²) in [5.41, 5.74) is 3.03. The van der Waals surface area contributed by atoms with E-state index in [-0.39, 0.29) is 45.6 Å². The van der Waals surface area contributed by atoms with Crippen LogP contribution in [-0.2, 0) is 9.59 Å². The number of thiazole rings is 1. The number of H-pyrrole nitrogens is 1. The molecule has 3 heterocycles. The van der Waals surface area contributed by atoms with Crippen molar-refractivity contribution in [3.63, 3.8) is 0 Å². The van der Waals surface area contributed by atoms with E-state index in [4.69, 9.17) is 0 Å². The highest BCUT2D eigenvalue weighted by Gasteiger charge is 2.66. The lowest BCUT2D eigenvalue weighted by atomic mass is 9.77. The SMILES string of the molecule is Cc1ccc(N2C(=O)[C@H]3[C@H]4C[C@@H](C5=Cc6sc(=O)[nH]c6S[C@@H]54)[C@H]3C2=O)cc1. The molecule has 5 atom stereocenters. The molecule has 4 aliphatic rings. The van der Waals surface area contributed by atoms with E-state index in [1.165, 1.54) is 21.8 Å². The van der Waals surface area contributed by atoms with E-state index < -0.39 is 0 Å². The fraction of sp³-hybridized carbons (Fsp3) is 0.350. The minimum absolute atomic E-state index is 0.0467. The normalized spacial score (nSPS) is 33.1. The average Bonchev–Trinajstić information content (AvgIpc) is 3.35. The van der Waals surface area contributed by atoms with Crippen molar-refractivity contribution in [3.05, 3.63) is 49.9 Å². The maximum Gasteiger partial charge on any atom is 0.305 e. The molecular formula is C20H16N2O3S2. The van der Waals surface area contributed by atoms with Crippen LogP contribution in [0.1, 0.15) is 16.9 Å². The van der Waals surface area contributed by atoms with Gasteiger partial charge in [-0.3, -0.25) is 19.3 Å². The summed E-state index contributed by atoms with van der Waals surface area (Å²) in [6.45, 7) is 1.99. The van der Waals surface area contributed by atoms with E-state index >= 15 is 0 Å². The molecule has 0 unspecified atom stereocenters. The topological polar surface area (TPSA) is 70.2 Å². The fourth-order valence-electron chi connectivity index (χ4n) is 5.37. The molecule has 1 saturated heterocycles. The first-order valence-corrected chi connectivity index (χ1v) is 10.8. The van der Waals surface area contributed by atoms with Crippen LogP contribution >= 0.6 is 23.1 Å². The molecule has 5 nitrogen and oxygen atoms in total. The number of thioether (sulfide) groups is 1. The molecule has 27 heavy (non-hydrogen) atoms. The molecule has 2 aromatic rings. The van der Waals surface area contributed by atoms with Crippen molar-refractivity contribution < 1.29 is 9.59 Å². The molecular weight excluding hydrogens is 380 g/mol. The molecule has 3 fully saturated rings. The molecule has 2 amide bonds. The van der Waals surface area contributed by atoms with Gasteiger partial charge in [-0.1, -0.05) is 46.4 Å². The smallest absolute Gasteiger partial charge is 0.305 e. The Bertz CT molecular complexity index is 1100. The number of fused-ring (bicyclic) bond motifs is 9. The maximum absolute atomic E-state index is 13.2. The number of anilines is 1. The number of amides is 2. The zero-order valence-corrected chi connectivity index (χ0v) is 16.1. The number of carbonyl (C=O) groups excluding carboxylic acids is 2. The van der Waals surface area contributed by atoms with Gasteiger partial charge in [-0.15, -0.1) is 0 Å². The molecule has 0 radical (unpaired) electrons. The second-order valence-electron chi connectivity index (χ2n) is 7.80. The molecule has 2 bridgehead atoms. The van der Waals surface area contributed by atoms with Crippen molar-refractivity contribution in [2.45, 2.75) is 23.6 Å². The summed E-state index contributed by atoms with van der Waals surface area (Å²) < 4.78 is 0. The third kappa shape index (κ3) is 1.99. The Balaban J connectivity index is 1.41. The first kappa shape index (κ1) is 15.9. The van der Waals surface area contributed by atoms with Crippen LogP contribution in [0.5, 0.6) is 0 Å². The van der Waals surface area contributed by atoms with Gasteiger partial charge in [0.25, 0.3) is 0 Å². The van der Waals surface area contributed by atoms with Gasteiger partial charge in [0, 0.05) is 5.25 Å². The molecule has 2 saturated carbocycles. The molecule has 2 aliphatic heterocycles. The fourth-order valence-corrected chi connectivity index (χ4v) is 7.81. The molecule has 0 spiro atoms. The molecule has 1 N–H and O–H groups in total. The number of hydrogen-bond acceptors (Lipinski definition) is 5.